The van der Waals surface area contributed by atoms with E-state index in [0.29, 0.717) is 11.1 Å². The highest BCUT2D eigenvalue weighted by molar-refractivity contribution is 6.12. The average molecular weight is 312 g/mol. The summed E-state index contributed by atoms with van der Waals surface area (Å²) in [6.07, 6.45) is 1.39. The van der Waals surface area contributed by atoms with Crippen molar-refractivity contribution >= 4 is 23.6 Å². The summed E-state index contributed by atoms with van der Waals surface area (Å²) < 4.78 is 17.9. The predicted octanol–water partition coefficient (Wildman–Crippen LogP) is 3.08. The minimum Gasteiger partial charge on any atom is -0.402 e. The first-order valence-corrected chi connectivity index (χ1v) is 6.56. The second kappa shape index (κ2) is 5.80. The van der Waals surface area contributed by atoms with Crippen LogP contribution in [0.5, 0.6) is 0 Å². The van der Waals surface area contributed by atoms with E-state index in [2.05, 4.69) is 4.99 Å². The van der Waals surface area contributed by atoms with Gasteiger partial charge in [-0.3, -0.25) is 10.1 Å². The van der Waals surface area contributed by atoms with Gasteiger partial charge in [-0.2, -0.15) is 0 Å². The fourth-order valence-electron chi connectivity index (χ4n) is 2.01. The molecule has 1 aliphatic rings. The fraction of sp³-hybridized carbons (Fsp3) is 0. The number of rotatable bonds is 3. The largest absolute Gasteiger partial charge is 0.402 e. The molecule has 3 rings (SSSR count). The molecule has 0 unspecified atom stereocenters. The van der Waals surface area contributed by atoms with Gasteiger partial charge in [0, 0.05) is 17.7 Å². The number of non-ortho nitro benzene ring substituents is 1. The SMILES string of the molecule is O=C1OC(c2ccc(F)cc2)=N/C1=C\c1cccc([N+](=O)[O-])c1. The number of aliphatic imine (C=N–C) groups is 1. The van der Waals surface area contributed by atoms with E-state index in [1.165, 1.54) is 48.5 Å². The number of nitro groups is 1. The van der Waals surface area contributed by atoms with Crippen LogP contribution in [-0.4, -0.2) is 16.8 Å². The van der Waals surface area contributed by atoms with Crippen LogP contribution in [0.3, 0.4) is 0 Å². The maximum atomic E-state index is 12.9. The van der Waals surface area contributed by atoms with E-state index in [9.17, 15) is 19.3 Å². The maximum Gasteiger partial charge on any atom is 0.363 e. The maximum absolute atomic E-state index is 12.9. The molecule has 1 aliphatic heterocycles. The third-order valence-corrected chi connectivity index (χ3v) is 3.10. The summed E-state index contributed by atoms with van der Waals surface area (Å²) in [7, 11) is 0. The summed E-state index contributed by atoms with van der Waals surface area (Å²) >= 11 is 0. The van der Waals surface area contributed by atoms with E-state index in [1.54, 1.807) is 6.07 Å². The second-order valence-electron chi connectivity index (χ2n) is 4.70. The number of carbonyl (C=O) groups excluding carboxylic acids is 1. The van der Waals surface area contributed by atoms with Crippen molar-refractivity contribution < 1.29 is 18.8 Å². The van der Waals surface area contributed by atoms with Crippen LogP contribution in [0.1, 0.15) is 11.1 Å². The first-order valence-electron chi connectivity index (χ1n) is 6.56. The molecule has 0 aromatic heterocycles. The summed E-state index contributed by atoms with van der Waals surface area (Å²) in [6.45, 7) is 0. The van der Waals surface area contributed by atoms with Gasteiger partial charge in [0.15, 0.2) is 5.70 Å². The van der Waals surface area contributed by atoms with Crippen LogP contribution in [0.2, 0.25) is 0 Å². The van der Waals surface area contributed by atoms with Gasteiger partial charge in [0.25, 0.3) is 5.69 Å². The molecule has 2 aromatic carbocycles. The molecule has 0 bridgehead atoms. The van der Waals surface area contributed by atoms with Gasteiger partial charge in [0.05, 0.1) is 4.92 Å². The molecule has 6 nitrogen and oxygen atoms in total. The normalized spacial score (nSPS) is 15.4. The minimum absolute atomic E-state index is 0.0184. The van der Waals surface area contributed by atoms with Crippen molar-refractivity contribution in [3.05, 3.63) is 81.3 Å². The molecule has 1 heterocycles. The molecule has 0 N–H and O–H groups in total. The Morgan fingerprint density at radius 2 is 1.91 bits per heavy atom. The zero-order chi connectivity index (χ0) is 16.4. The Balaban J connectivity index is 1.93. The third-order valence-electron chi connectivity index (χ3n) is 3.10. The molecule has 0 saturated heterocycles. The lowest BCUT2D eigenvalue weighted by molar-refractivity contribution is -0.384. The lowest BCUT2D eigenvalue weighted by atomic mass is 10.1. The number of carbonyl (C=O) groups is 1. The topological polar surface area (TPSA) is 81.8 Å². The zero-order valence-corrected chi connectivity index (χ0v) is 11.6. The molecule has 0 radical (unpaired) electrons. The molecular formula is C16H9FN2O4. The minimum atomic E-state index is -0.671. The Labute approximate surface area is 129 Å². The molecule has 0 spiro atoms. The smallest absolute Gasteiger partial charge is 0.363 e. The lowest BCUT2D eigenvalue weighted by Crippen LogP contribution is -2.05. The second-order valence-corrected chi connectivity index (χ2v) is 4.70. The number of ether oxygens (including phenoxy) is 1. The van der Waals surface area contributed by atoms with Gasteiger partial charge in [0.2, 0.25) is 5.90 Å². The van der Waals surface area contributed by atoms with Crippen molar-refractivity contribution in [2.75, 3.05) is 0 Å². The van der Waals surface area contributed by atoms with Crippen LogP contribution in [0.4, 0.5) is 10.1 Å². The van der Waals surface area contributed by atoms with Gasteiger partial charge in [0.1, 0.15) is 5.82 Å². The number of nitro benzene ring substituents is 1. The van der Waals surface area contributed by atoms with Crippen LogP contribution in [0.15, 0.2) is 59.2 Å². The Kier molecular flexibility index (Phi) is 3.68. The molecule has 0 saturated carbocycles. The van der Waals surface area contributed by atoms with Gasteiger partial charge in [-0.1, -0.05) is 12.1 Å². The molecule has 0 aliphatic carbocycles. The summed E-state index contributed by atoms with van der Waals surface area (Å²) in [5, 5.41) is 10.8. The quantitative estimate of drug-likeness (QED) is 0.377. The molecule has 7 heteroatoms. The van der Waals surface area contributed by atoms with Gasteiger partial charge in [-0.25, -0.2) is 14.2 Å². The number of hydrogen-bond donors (Lipinski definition) is 0. The fourth-order valence-corrected chi connectivity index (χ4v) is 2.01. The Morgan fingerprint density at radius 1 is 1.17 bits per heavy atom. The number of hydrogen-bond acceptors (Lipinski definition) is 5. The first-order chi connectivity index (χ1) is 11.0. The van der Waals surface area contributed by atoms with Crippen molar-refractivity contribution in [2.45, 2.75) is 0 Å². The lowest BCUT2D eigenvalue weighted by Gasteiger charge is -1.98. The van der Waals surface area contributed by atoms with Crippen molar-refractivity contribution in [1.82, 2.24) is 0 Å². The number of esters is 1. The highest BCUT2D eigenvalue weighted by atomic mass is 19.1. The van der Waals surface area contributed by atoms with Crippen LogP contribution in [-0.2, 0) is 9.53 Å². The molecule has 114 valence electrons. The van der Waals surface area contributed by atoms with Gasteiger partial charge < -0.3 is 4.74 Å². The summed E-state index contributed by atoms with van der Waals surface area (Å²) in [5.74, 6) is -1.02. The van der Waals surface area contributed by atoms with Crippen LogP contribution < -0.4 is 0 Å². The van der Waals surface area contributed by atoms with Crippen LogP contribution in [0.25, 0.3) is 6.08 Å². The number of halogens is 1. The highest BCUT2D eigenvalue weighted by Gasteiger charge is 2.24. The zero-order valence-electron chi connectivity index (χ0n) is 11.6. The van der Waals surface area contributed by atoms with E-state index < -0.39 is 16.7 Å². The van der Waals surface area contributed by atoms with Crippen molar-refractivity contribution in [2.24, 2.45) is 4.99 Å². The Morgan fingerprint density at radius 3 is 2.61 bits per heavy atom. The van der Waals surface area contributed by atoms with E-state index in [1.807, 2.05) is 0 Å². The van der Waals surface area contributed by atoms with Gasteiger partial charge in [-0.05, 0) is 35.9 Å². The molecular weight excluding hydrogens is 303 g/mol. The number of benzene rings is 2. The average Bonchev–Trinajstić information content (AvgIpc) is 2.89. The molecule has 2 aromatic rings. The monoisotopic (exact) mass is 312 g/mol. The van der Waals surface area contributed by atoms with Gasteiger partial charge in [-0.15, -0.1) is 0 Å². The Bertz CT molecular complexity index is 857. The predicted molar refractivity (Wildman–Crippen MR) is 80.1 cm³/mol. The van der Waals surface area contributed by atoms with Crippen molar-refractivity contribution in [3.8, 4) is 0 Å². The van der Waals surface area contributed by atoms with Crippen LogP contribution >= 0.6 is 0 Å². The van der Waals surface area contributed by atoms with Crippen molar-refractivity contribution in [1.29, 1.82) is 0 Å². The molecule has 0 amide bonds. The molecule has 0 atom stereocenters. The summed E-state index contributed by atoms with van der Waals surface area (Å²) in [5.41, 5.74) is 0.843. The Hall–Kier alpha value is -3.35. The summed E-state index contributed by atoms with van der Waals surface area (Å²) in [4.78, 5) is 26.1. The standard InChI is InChI=1S/C16H9FN2O4/c17-12-6-4-11(5-7-12)15-18-14(16(20)23-15)9-10-2-1-3-13(8-10)19(21)22/h1-9H/b14-9-. The molecule has 23 heavy (non-hydrogen) atoms. The summed E-state index contributed by atoms with van der Waals surface area (Å²) in [6, 6.07) is 11.1. The number of nitrogens with zero attached hydrogens (tertiary/aromatic N) is 2. The highest BCUT2D eigenvalue weighted by Crippen LogP contribution is 2.21. The van der Waals surface area contributed by atoms with E-state index in [0.717, 1.165) is 0 Å². The third kappa shape index (κ3) is 3.13. The number of cyclic esters (lactones) is 1. The van der Waals surface area contributed by atoms with Crippen LogP contribution in [0, 0.1) is 15.9 Å². The van der Waals surface area contributed by atoms with Crippen molar-refractivity contribution in [3.63, 3.8) is 0 Å². The molecule has 0 fully saturated rings. The first kappa shape index (κ1) is 14.6. The van der Waals surface area contributed by atoms with E-state index in [-0.39, 0.29) is 17.3 Å². The van der Waals surface area contributed by atoms with Gasteiger partial charge >= 0.3 is 5.97 Å². The van der Waals surface area contributed by atoms with E-state index in [4.69, 9.17) is 4.74 Å². The van der Waals surface area contributed by atoms with E-state index >= 15 is 0 Å².